The van der Waals surface area contributed by atoms with Crippen molar-refractivity contribution in [3.05, 3.63) is 29.1 Å². The van der Waals surface area contributed by atoms with Gasteiger partial charge in [-0.15, -0.1) is 0 Å². The number of rotatable bonds is 3. The highest BCUT2D eigenvalue weighted by molar-refractivity contribution is 5.75. The third-order valence-corrected chi connectivity index (χ3v) is 1.47. The first-order chi connectivity index (χ1) is 6.54. The fourth-order valence-corrected chi connectivity index (χ4v) is 0.888. The van der Waals surface area contributed by atoms with Crippen LogP contribution in [-0.2, 0) is 0 Å². The van der Waals surface area contributed by atoms with Gasteiger partial charge in [-0.05, 0) is 12.1 Å². The molecule has 0 aliphatic carbocycles. The number of hydrogen-bond acceptors (Lipinski definition) is 2. The van der Waals surface area contributed by atoms with E-state index in [1.165, 1.54) is 0 Å². The predicted molar refractivity (Wildman–Crippen MR) is 39.5 cm³/mol. The van der Waals surface area contributed by atoms with E-state index in [0.717, 1.165) is 12.1 Å². The van der Waals surface area contributed by atoms with E-state index in [0.29, 0.717) is 0 Å². The molecule has 76 valence electrons. The molecule has 1 heterocycles. The van der Waals surface area contributed by atoms with Gasteiger partial charge in [0.2, 0.25) is 0 Å². The van der Waals surface area contributed by atoms with E-state index >= 15 is 0 Å². The van der Waals surface area contributed by atoms with Crippen molar-refractivity contribution in [2.45, 2.75) is 12.9 Å². The van der Waals surface area contributed by atoms with Gasteiger partial charge < -0.3 is 0 Å². The molecule has 0 aliphatic rings. The van der Waals surface area contributed by atoms with Gasteiger partial charge in [-0.3, -0.25) is 4.79 Å². The van der Waals surface area contributed by atoms with Crippen LogP contribution in [0.15, 0.2) is 12.1 Å². The van der Waals surface area contributed by atoms with E-state index in [2.05, 4.69) is 4.98 Å². The number of carbonyl (C=O) groups excluding carboxylic acids is 1. The summed E-state index contributed by atoms with van der Waals surface area (Å²) in [4.78, 5) is 13.3. The van der Waals surface area contributed by atoms with Crippen molar-refractivity contribution in [1.29, 1.82) is 0 Å². The van der Waals surface area contributed by atoms with Crippen molar-refractivity contribution in [2.75, 3.05) is 0 Å². The molecule has 1 aromatic rings. The van der Waals surface area contributed by atoms with Crippen LogP contribution in [0.25, 0.3) is 0 Å². The Morgan fingerprint density at radius 1 is 1.07 bits per heavy atom. The topological polar surface area (TPSA) is 30.0 Å². The Balaban J connectivity index is 3.20. The number of carbonyl (C=O) groups is 1. The molecule has 0 saturated heterocycles. The molecule has 0 amide bonds. The zero-order chi connectivity index (χ0) is 10.7. The number of nitrogens with zero attached hydrogens (tertiary/aromatic N) is 1. The molecule has 2 nitrogen and oxygen atoms in total. The maximum absolute atomic E-state index is 12.1. The Labute approximate surface area is 76.6 Å². The highest BCUT2D eigenvalue weighted by Gasteiger charge is 2.16. The number of halogens is 4. The first-order valence-electron chi connectivity index (χ1n) is 3.58. The molecule has 0 fully saturated rings. The van der Waals surface area contributed by atoms with E-state index in [9.17, 15) is 22.4 Å². The van der Waals surface area contributed by atoms with Gasteiger partial charge >= 0.3 is 0 Å². The largest absolute Gasteiger partial charge is 0.298 e. The molecule has 0 atom stereocenters. The lowest BCUT2D eigenvalue weighted by Gasteiger charge is -2.04. The summed E-state index contributed by atoms with van der Waals surface area (Å²) < 4.78 is 48.4. The van der Waals surface area contributed by atoms with Gasteiger partial charge in [-0.2, -0.15) is 0 Å². The summed E-state index contributed by atoms with van der Waals surface area (Å²) in [5.41, 5.74) is -1.86. The number of alkyl halides is 4. The molecular weight excluding hydrogens is 202 g/mol. The average Bonchev–Trinajstić information content (AvgIpc) is 2.16. The molecule has 0 unspecified atom stereocenters. The van der Waals surface area contributed by atoms with Crippen LogP contribution in [-0.4, -0.2) is 11.3 Å². The van der Waals surface area contributed by atoms with Gasteiger partial charge in [0, 0.05) is 5.56 Å². The molecule has 1 rings (SSSR count). The minimum absolute atomic E-state index is 0.222. The third kappa shape index (κ3) is 2.27. The zero-order valence-corrected chi connectivity index (χ0v) is 6.75. The van der Waals surface area contributed by atoms with Crippen molar-refractivity contribution in [3.8, 4) is 0 Å². The van der Waals surface area contributed by atoms with E-state index in [4.69, 9.17) is 0 Å². The SMILES string of the molecule is O=Cc1cc(C(F)F)nc(C(F)F)c1. The van der Waals surface area contributed by atoms with Crippen molar-refractivity contribution < 1.29 is 22.4 Å². The normalized spacial score (nSPS) is 11.0. The summed E-state index contributed by atoms with van der Waals surface area (Å²) in [6.45, 7) is 0. The Bertz CT molecular complexity index is 314. The van der Waals surface area contributed by atoms with E-state index in [1.807, 2.05) is 0 Å². The molecular formula is C8H5F4NO. The zero-order valence-electron chi connectivity index (χ0n) is 6.75. The molecule has 0 bridgehead atoms. The van der Waals surface area contributed by atoms with Gasteiger partial charge in [0.25, 0.3) is 12.9 Å². The average molecular weight is 207 g/mol. The van der Waals surface area contributed by atoms with Gasteiger partial charge in [0.05, 0.1) is 0 Å². The molecule has 0 saturated carbocycles. The second-order valence-electron chi connectivity index (χ2n) is 2.47. The summed E-state index contributed by atoms with van der Waals surface area (Å²) >= 11 is 0. The van der Waals surface area contributed by atoms with Gasteiger partial charge in [0.15, 0.2) is 0 Å². The quantitative estimate of drug-likeness (QED) is 0.563. The summed E-state index contributed by atoms with van der Waals surface area (Å²) in [5.74, 6) is 0. The molecule has 14 heavy (non-hydrogen) atoms. The van der Waals surface area contributed by atoms with Crippen LogP contribution in [0.5, 0.6) is 0 Å². The molecule has 0 N–H and O–H groups in total. The van der Waals surface area contributed by atoms with Crippen LogP contribution in [0.4, 0.5) is 17.6 Å². The first-order valence-corrected chi connectivity index (χ1v) is 3.58. The maximum atomic E-state index is 12.1. The van der Waals surface area contributed by atoms with Gasteiger partial charge in [-0.25, -0.2) is 22.5 Å². The lowest BCUT2D eigenvalue weighted by molar-refractivity contribution is 0.112. The van der Waals surface area contributed by atoms with Crippen LogP contribution < -0.4 is 0 Å². The number of aldehydes is 1. The Kier molecular flexibility index (Phi) is 3.16. The van der Waals surface area contributed by atoms with E-state index < -0.39 is 24.2 Å². The maximum Gasteiger partial charge on any atom is 0.280 e. The minimum atomic E-state index is -2.97. The van der Waals surface area contributed by atoms with Crippen LogP contribution in [0, 0.1) is 0 Å². The van der Waals surface area contributed by atoms with Crippen LogP contribution in [0.2, 0.25) is 0 Å². The lowest BCUT2D eigenvalue weighted by Crippen LogP contribution is -1.99. The third-order valence-electron chi connectivity index (χ3n) is 1.47. The number of pyridine rings is 1. The molecule has 0 radical (unpaired) electrons. The van der Waals surface area contributed by atoms with Gasteiger partial charge in [0.1, 0.15) is 17.7 Å². The van der Waals surface area contributed by atoms with Crippen molar-refractivity contribution in [2.24, 2.45) is 0 Å². The lowest BCUT2D eigenvalue weighted by atomic mass is 10.2. The molecule has 0 aliphatic heterocycles. The molecule has 0 spiro atoms. The number of aromatic nitrogens is 1. The Morgan fingerprint density at radius 3 is 1.79 bits per heavy atom. The first kappa shape index (κ1) is 10.6. The second kappa shape index (κ2) is 4.17. The minimum Gasteiger partial charge on any atom is -0.298 e. The summed E-state index contributed by atoms with van der Waals surface area (Å²) in [6, 6.07) is 1.56. The summed E-state index contributed by atoms with van der Waals surface area (Å²) in [7, 11) is 0. The Morgan fingerprint density at radius 2 is 1.50 bits per heavy atom. The van der Waals surface area contributed by atoms with Crippen molar-refractivity contribution in [3.63, 3.8) is 0 Å². The van der Waals surface area contributed by atoms with Crippen LogP contribution >= 0.6 is 0 Å². The molecule has 0 aromatic carbocycles. The van der Waals surface area contributed by atoms with E-state index in [1.54, 1.807) is 0 Å². The Hall–Kier alpha value is -1.46. The highest BCUT2D eigenvalue weighted by atomic mass is 19.3. The van der Waals surface area contributed by atoms with Crippen LogP contribution in [0.1, 0.15) is 34.6 Å². The molecule has 6 heteroatoms. The standard InChI is InChI=1S/C8H5F4NO/c9-7(10)5-1-4(3-14)2-6(13-5)8(11)12/h1-3,7-8H. The van der Waals surface area contributed by atoms with Crippen LogP contribution in [0.3, 0.4) is 0 Å². The summed E-state index contributed by atoms with van der Waals surface area (Å²) in [6.07, 6.45) is -5.71. The highest BCUT2D eigenvalue weighted by Crippen LogP contribution is 2.22. The predicted octanol–water partition coefficient (Wildman–Crippen LogP) is 2.77. The summed E-state index contributed by atoms with van der Waals surface area (Å²) in [5, 5.41) is 0. The smallest absolute Gasteiger partial charge is 0.280 e. The monoisotopic (exact) mass is 207 g/mol. The fourth-order valence-electron chi connectivity index (χ4n) is 0.888. The van der Waals surface area contributed by atoms with E-state index in [-0.39, 0.29) is 11.8 Å². The fraction of sp³-hybridized carbons (Fsp3) is 0.250. The van der Waals surface area contributed by atoms with Crippen molar-refractivity contribution >= 4 is 6.29 Å². The number of hydrogen-bond donors (Lipinski definition) is 0. The van der Waals surface area contributed by atoms with Gasteiger partial charge in [-0.1, -0.05) is 0 Å². The molecule has 1 aromatic heterocycles. The second-order valence-corrected chi connectivity index (χ2v) is 2.47. The van der Waals surface area contributed by atoms with Crippen molar-refractivity contribution in [1.82, 2.24) is 4.98 Å².